The summed E-state index contributed by atoms with van der Waals surface area (Å²) in [6, 6.07) is 7.50. The second-order valence-corrected chi connectivity index (χ2v) is 9.28. The van der Waals surface area contributed by atoms with Crippen molar-refractivity contribution in [3.8, 4) is 5.75 Å². The van der Waals surface area contributed by atoms with E-state index in [0.29, 0.717) is 6.42 Å². The van der Waals surface area contributed by atoms with Gasteiger partial charge in [0.1, 0.15) is 11.9 Å². The van der Waals surface area contributed by atoms with Crippen LogP contribution < -0.4 is 10.1 Å². The zero-order valence-electron chi connectivity index (χ0n) is 12.3. The van der Waals surface area contributed by atoms with Crippen molar-refractivity contribution in [1.82, 2.24) is 5.32 Å². The molecular formula is C15H19NO4S2. The van der Waals surface area contributed by atoms with Gasteiger partial charge in [0.05, 0.1) is 17.4 Å². The first kappa shape index (κ1) is 15.7. The lowest BCUT2D eigenvalue weighted by Crippen LogP contribution is -2.42. The van der Waals surface area contributed by atoms with Crippen LogP contribution in [0.2, 0.25) is 0 Å². The van der Waals surface area contributed by atoms with Crippen LogP contribution in [0.15, 0.2) is 29.2 Å². The quantitative estimate of drug-likeness (QED) is 0.904. The van der Waals surface area contributed by atoms with Crippen molar-refractivity contribution >= 4 is 27.5 Å². The van der Waals surface area contributed by atoms with E-state index in [-0.39, 0.29) is 30.2 Å². The highest BCUT2D eigenvalue weighted by atomic mass is 32.2. The summed E-state index contributed by atoms with van der Waals surface area (Å²) in [5.41, 5.74) is 0. The molecule has 3 rings (SSSR count). The fourth-order valence-corrected chi connectivity index (χ4v) is 5.43. The van der Waals surface area contributed by atoms with E-state index in [4.69, 9.17) is 4.74 Å². The Bertz CT molecular complexity index is 674. The lowest BCUT2D eigenvalue weighted by Gasteiger charge is -2.26. The normalized spacial score (nSPS) is 29.4. The number of amides is 1. The van der Waals surface area contributed by atoms with Gasteiger partial charge in [-0.15, -0.1) is 11.8 Å². The van der Waals surface area contributed by atoms with Crippen LogP contribution in [0.5, 0.6) is 5.75 Å². The number of para-hydroxylation sites is 1. The Morgan fingerprint density at radius 1 is 1.41 bits per heavy atom. The molecule has 0 bridgehead atoms. The zero-order chi connectivity index (χ0) is 15.7. The highest BCUT2D eigenvalue weighted by molar-refractivity contribution is 7.99. The molecule has 0 aromatic heterocycles. The van der Waals surface area contributed by atoms with E-state index < -0.39 is 15.1 Å². The van der Waals surface area contributed by atoms with E-state index in [9.17, 15) is 13.2 Å². The summed E-state index contributed by atoms with van der Waals surface area (Å²) in [7, 11) is -3.04. The van der Waals surface area contributed by atoms with Gasteiger partial charge in [0.2, 0.25) is 5.91 Å². The van der Waals surface area contributed by atoms with Gasteiger partial charge < -0.3 is 10.1 Å². The number of benzene rings is 1. The van der Waals surface area contributed by atoms with E-state index in [2.05, 4.69) is 5.32 Å². The molecule has 1 saturated heterocycles. The molecule has 1 N–H and O–H groups in total. The largest absolute Gasteiger partial charge is 0.488 e. The van der Waals surface area contributed by atoms with Gasteiger partial charge in [-0.05, 0) is 25.5 Å². The third-order valence-electron chi connectivity index (χ3n) is 4.17. The Hall–Kier alpha value is -1.21. The predicted molar refractivity (Wildman–Crippen MR) is 86.0 cm³/mol. The van der Waals surface area contributed by atoms with Crippen LogP contribution in [0.1, 0.15) is 19.8 Å². The van der Waals surface area contributed by atoms with Gasteiger partial charge in [-0.25, -0.2) is 8.42 Å². The maximum Gasteiger partial charge on any atom is 0.224 e. The third kappa shape index (κ3) is 3.25. The molecule has 2 aliphatic heterocycles. The standard InChI is InChI=1S/C15H19NO4S2/c1-10-12(6-7-22(10,18)19)16-15(17)8-11-9-21-14-5-3-2-4-13(14)20-11/h2-5,10-12H,6-9H2,1H3,(H,16,17)/t10-,11?,12-/m0/s1. The van der Waals surface area contributed by atoms with E-state index >= 15 is 0 Å². The van der Waals surface area contributed by atoms with Gasteiger partial charge in [0, 0.05) is 16.7 Å². The van der Waals surface area contributed by atoms with Crippen LogP contribution in [0.4, 0.5) is 0 Å². The molecule has 1 amide bonds. The number of hydrogen-bond acceptors (Lipinski definition) is 5. The van der Waals surface area contributed by atoms with E-state index in [1.54, 1.807) is 18.7 Å². The Balaban J connectivity index is 1.55. The number of carbonyl (C=O) groups excluding carboxylic acids is 1. The molecule has 5 nitrogen and oxygen atoms in total. The van der Waals surface area contributed by atoms with Gasteiger partial charge in [0.15, 0.2) is 9.84 Å². The first-order valence-electron chi connectivity index (χ1n) is 7.35. The summed E-state index contributed by atoms with van der Waals surface area (Å²) in [4.78, 5) is 13.2. The van der Waals surface area contributed by atoms with Crippen molar-refractivity contribution in [3.63, 3.8) is 0 Å². The third-order valence-corrected chi connectivity index (χ3v) is 7.63. The zero-order valence-corrected chi connectivity index (χ0v) is 14.0. The lowest BCUT2D eigenvalue weighted by molar-refractivity contribution is -0.123. The number of nitrogens with one attached hydrogen (secondary N) is 1. The van der Waals surface area contributed by atoms with E-state index in [1.165, 1.54) is 0 Å². The summed E-state index contributed by atoms with van der Waals surface area (Å²) in [5.74, 6) is 1.55. The van der Waals surface area contributed by atoms with E-state index in [0.717, 1.165) is 16.4 Å². The second kappa shape index (κ2) is 6.12. The van der Waals surface area contributed by atoms with Crippen LogP contribution in [-0.2, 0) is 14.6 Å². The molecule has 1 aromatic carbocycles. The molecule has 0 aliphatic carbocycles. The fraction of sp³-hybridized carbons (Fsp3) is 0.533. The minimum Gasteiger partial charge on any atom is -0.488 e. The first-order valence-corrected chi connectivity index (χ1v) is 10.1. The molecule has 2 aliphatic rings. The Labute approximate surface area is 134 Å². The first-order chi connectivity index (χ1) is 10.5. The van der Waals surface area contributed by atoms with Crippen molar-refractivity contribution in [1.29, 1.82) is 0 Å². The maximum atomic E-state index is 12.1. The molecule has 120 valence electrons. The molecule has 1 unspecified atom stereocenters. The van der Waals surface area contributed by atoms with Gasteiger partial charge in [0.25, 0.3) is 0 Å². The molecule has 0 radical (unpaired) electrons. The summed E-state index contributed by atoms with van der Waals surface area (Å²) in [6.45, 7) is 1.66. The minimum atomic E-state index is -3.04. The molecule has 0 saturated carbocycles. The van der Waals surface area contributed by atoms with Crippen molar-refractivity contribution in [2.45, 2.75) is 42.1 Å². The average Bonchev–Trinajstić information content (AvgIpc) is 2.74. The van der Waals surface area contributed by atoms with Crippen LogP contribution in [0.25, 0.3) is 0 Å². The number of sulfone groups is 1. The predicted octanol–water partition coefficient (Wildman–Crippen LogP) is 1.62. The van der Waals surface area contributed by atoms with Gasteiger partial charge in [-0.3, -0.25) is 4.79 Å². The number of ether oxygens (including phenoxy) is 1. The van der Waals surface area contributed by atoms with E-state index in [1.807, 2.05) is 24.3 Å². The average molecular weight is 341 g/mol. The number of hydrogen-bond donors (Lipinski definition) is 1. The lowest BCUT2D eigenvalue weighted by atomic mass is 10.1. The number of carbonyl (C=O) groups is 1. The van der Waals surface area contributed by atoms with Crippen LogP contribution in [0, 0.1) is 0 Å². The molecular weight excluding hydrogens is 322 g/mol. The van der Waals surface area contributed by atoms with Crippen LogP contribution in [-0.4, -0.2) is 43.2 Å². The van der Waals surface area contributed by atoms with Crippen molar-refractivity contribution in [2.24, 2.45) is 0 Å². The summed E-state index contributed by atoms with van der Waals surface area (Å²) < 4.78 is 29.2. The highest BCUT2D eigenvalue weighted by Crippen LogP contribution is 2.35. The summed E-state index contributed by atoms with van der Waals surface area (Å²) >= 11 is 1.68. The second-order valence-electron chi connectivity index (χ2n) is 5.74. The molecule has 3 atom stereocenters. The molecule has 22 heavy (non-hydrogen) atoms. The number of rotatable bonds is 3. The van der Waals surface area contributed by atoms with Crippen LogP contribution in [0.3, 0.4) is 0 Å². The topological polar surface area (TPSA) is 72.5 Å². The maximum absolute atomic E-state index is 12.1. The van der Waals surface area contributed by atoms with Crippen LogP contribution >= 0.6 is 11.8 Å². The number of thioether (sulfide) groups is 1. The Morgan fingerprint density at radius 3 is 2.91 bits per heavy atom. The monoisotopic (exact) mass is 341 g/mol. The summed E-state index contributed by atoms with van der Waals surface area (Å²) in [6.07, 6.45) is 0.580. The Kier molecular flexibility index (Phi) is 4.36. The number of fused-ring (bicyclic) bond motifs is 1. The van der Waals surface area contributed by atoms with Crippen molar-refractivity contribution in [2.75, 3.05) is 11.5 Å². The Morgan fingerprint density at radius 2 is 2.18 bits per heavy atom. The van der Waals surface area contributed by atoms with Gasteiger partial charge in [-0.2, -0.15) is 0 Å². The smallest absolute Gasteiger partial charge is 0.224 e. The molecule has 0 spiro atoms. The molecule has 1 aromatic rings. The van der Waals surface area contributed by atoms with Crippen molar-refractivity contribution in [3.05, 3.63) is 24.3 Å². The fourth-order valence-electron chi connectivity index (χ4n) is 2.79. The highest BCUT2D eigenvalue weighted by Gasteiger charge is 2.37. The summed E-state index contributed by atoms with van der Waals surface area (Å²) in [5, 5.41) is 2.35. The van der Waals surface area contributed by atoms with Gasteiger partial charge >= 0.3 is 0 Å². The van der Waals surface area contributed by atoms with Crippen molar-refractivity contribution < 1.29 is 17.9 Å². The SMILES string of the molecule is C[C@H]1[C@@H](NC(=O)CC2CSc3ccccc3O2)CCS1(=O)=O. The molecule has 1 fully saturated rings. The molecule has 7 heteroatoms. The van der Waals surface area contributed by atoms with Gasteiger partial charge in [-0.1, -0.05) is 12.1 Å². The molecule has 2 heterocycles. The minimum absolute atomic E-state index is 0.140.